The van der Waals surface area contributed by atoms with E-state index in [0.29, 0.717) is 23.7 Å². The number of benzene rings is 1. The van der Waals surface area contributed by atoms with Crippen molar-refractivity contribution in [3.63, 3.8) is 0 Å². The van der Waals surface area contributed by atoms with Crippen molar-refractivity contribution in [1.82, 2.24) is 4.98 Å². The molecule has 0 saturated heterocycles. The van der Waals surface area contributed by atoms with Crippen LogP contribution in [0.2, 0.25) is 0 Å². The molecule has 6 nitrogen and oxygen atoms in total. The van der Waals surface area contributed by atoms with Crippen molar-refractivity contribution < 1.29 is 14.3 Å². The number of amides is 2. The second-order valence-electron chi connectivity index (χ2n) is 5.17. The molecule has 1 aliphatic rings. The number of ether oxygens (including phenoxy) is 1. The van der Waals surface area contributed by atoms with Crippen molar-refractivity contribution in [3.8, 4) is 5.75 Å². The average molecular weight is 311 g/mol. The first-order valence-electron chi connectivity index (χ1n) is 7.47. The van der Waals surface area contributed by atoms with E-state index in [1.165, 1.54) is 4.90 Å². The number of fused-ring (bicyclic) bond motifs is 1. The fourth-order valence-corrected chi connectivity index (χ4v) is 2.45. The van der Waals surface area contributed by atoms with E-state index in [4.69, 9.17) is 4.74 Å². The minimum atomic E-state index is -0.668. The Bertz CT molecular complexity index is 718. The fraction of sp³-hybridized carbons (Fsp3) is 0.235. The highest BCUT2D eigenvalue weighted by atomic mass is 16.5. The summed E-state index contributed by atoms with van der Waals surface area (Å²) in [5, 5.41) is 2.72. The van der Waals surface area contributed by atoms with Gasteiger partial charge in [-0.2, -0.15) is 0 Å². The Balaban J connectivity index is 1.85. The highest BCUT2D eigenvalue weighted by molar-refractivity contribution is 6.10. The molecular weight excluding hydrogens is 294 g/mol. The van der Waals surface area contributed by atoms with Gasteiger partial charge in [-0.15, -0.1) is 0 Å². The topological polar surface area (TPSA) is 71.5 Å². The van der Waals surface area contributed by atoms with Crippen molar-refractivity contribution in [2.45, 2.75) is 19.4 Å². The number of carbonyl (C=O) groups excluding carboxylic acids is 2. The lowest BCUT2D eigenvalue weighted by Gasteiger charge is -2.30. The molecule has 1 aliphatic heterocycles. The third-order valence-electron chi connectivity index (χ3n) is 3.55. The van der Waals surface area contributed by atoms with E-state index in [9.17, 15) is 9.59 Å². The average Bonchev–Trinajstić information content (AvgIpc) is 2.59. The quantitative estimate of drug-likeness (QED) is 0.940. The summed E-state index contributed by atoms with van der Waals surface area (Å²) >= 11 is 0. The lowest BCUT2D eigenvalue weighted by Crippen LogP contribution is -2.48. The fourth-order valence-electron chi connectivity index (χ4n) is 2.45. The molecule has 0 bridgehead atoms. The molecule has 3 rings (SSSR count). The third kappa shape index (κ3) is 3.15. The number of hydrogen-bond donors (Lipinski definition) is 1. The van der Waals surface area contributed by atoms with Gasteiger partial charge in [-0.25, -0.2) is 4.98 Å². The van der Waals surface area contributed by atoms with Crippen molar-refractivity contribution in [3.05, 3.63) is 48.7 Å². The summed E-state index contributed by atoms with van der Waals surface area (Å²) in [4.78, 5) is 30.3. The smallest absolute Gasteiger partial charge is 0.269 e. The first-order valence-corrected chi connectivity index (χ1v) is 7.47. The van der Waals surface area contributed by atoms with Gasteiger partial charge in [0.1, 0.15) is 12.3 Å². The molecule has 2 aromatic rings. The summed E-state index contributed by atoms with van der Waals surface area (Å²) in [6, 6.07) is 12.6. The minimum Gasteiger partial charge on any atom is -0.481 e. The summed E-state index contributed by atoms with van der Waals surface area (Å²) < 4.78 is 5.78. The van der Waals surface area contributed by atoms with E-state index in [1.807, 2.05) is 25.1 Å². The number of nitrogens with zero attached hydrogens (tertiary/aromatic N) is 2. The molecule has 0 radical (unpaired) electrons. The highest BCUT2D eigenvalue weighted by Gasteiger charge is 2.32. The molecule has 118 valence electrons. The summed E-state index contributed by atoms with van der Waals surface area (Å²) in [5.41, 5.74) is 0.534. The Labute approximate surface area is 134 Å². The molecular formula is C17H17N3O3. The van der Waals surface area contributed by atoms with Crippen LogP contribution in [-0.4, -0.2) is 29.4 Å². The summed E-state index contributed by atoms with van der Waals surface area (Å²) in [5.74, 6) is 0.558. The standard InChI is InChI=1S/C17H17N3O3/c1-2-14(23-12-7-4-3-5-8-12)17(22)20-11-15(21)19-13-9-6-10-18-16(13)20/h3-10,14H,2,11H2,1H3,(H,19,21). The van der Waals surface area contributed by atoms with Crippen molar-refractivity contribution in [2.24, 2.45) is 0 Å². The molecule has 1 aromatic carbocycles. The van der Waals surface area contributed by atoms with E-state index in [2.05, 4.69) is 10.3 Å². The summed E-state index contributed by atoms with van der Waals surface area (Å²) in [7, 11) is 0. The van der Waals surface area contributed by atoms with Crippen LogP contribution in [0.15, 0.2) is 48.7 Å². The van der Waals surface area contributed by atoms with E-state index in [1.54, 1.807) is 30.5 Å². The highest BCUT2D eigenvalue weighted by Crippen LogP contribution is 2.27. The zero-order valence-electron chi connectivity index (χ0n) is 12.7. The number of anilines is 2. The second kappa shape index (κ2) is 6.48. The number of rotatable bonds is 4. The molecule has 0 aliphatic carbocycles. The van der Waals surface area contributed by atoms with Crippen LogP contribution in [-0.2, 0) is 9.59 Å². The zero-order valence-corrected chi connectivity index (χ0v) is 12.7. The third-order valence-corrected chi connectivity index (χ3v) is 3.55. The van der Waals surface area contributed by atoms with Crippen molar-refractivity contribution >= 4 is 23.3 Å². The van der Waals surface area contributed by atoms with Crippen molar-refractivity contribution in [1.29, 1.82) is 0 Å². The van der Waals surface area contributed by atoms with Crippen LogP contribution >= 0.6 is 0 Å². The Hall–Kier alpha value is -2.89. The van der Waals surface area contributed by atoms with Gasteiger partial charge in [0, 0.05) is 6.20 Å². The molecule has 6 heteroatoms. The van der Waals surface area contributed by atoms with Gasteiger partial charge >= 0.3 is 0 Å². The van der Waals surface area contributed by atoms with Gasteiger partial charge in [0.05, 0.1) is 5.69 Å². The predicted octanol–water partition coefficient (Wildman–Crippen LogP) is 2.22. The lowest BCUT2D eigenvalue weighted by molar-refractivity contribution is -0.127. The molecule has 23 heavy (non-hydrogen) atoms. The van der Waals surface area contributed by atoms with Gasteiger partial charge < -0.3 is 10.1 Å². The normalized spacial score (nSPS) is 14.7. The van der Waals surface area contributed by atoms with Gasteiger partial charge in [-0.05, 0) is 30.7 Å². The monoisotopic (exact) mass is 311 g/mol. The molecule has 2 amide bonds. The molecule has 1 aromatic heterocycles. The number of pyridine rings is 1. The maximum absolute atomic E-state index is 12.8. The zero-order chi connectivity index (χ0) is 16.2. The maximum Gasteiger partial charge on any atom is 0.269 e. The van der Waals surface area contributed by atoms with Crippen LogP contribution in [0.5, 0.6) is 5.75 Å². The minimum absolute atomic E-state index is 0.0580. The van der Waals surface area contributed by atoms with E-state index < -0.39 is 6.10 Å². The molecule has 0 saturated carbocycles. The van der Waals surface area contributed by atoms with Crippen LogP contribution in [0.4, 0.5) is 11.5 Å². The number of aromatic nitrogens is 1. The van der Waals surface area contributed by atoms with Gasteiger partial charge in [-0.3, -0.25) is 14.5 Å². The van der Waals surface area contributed by atoms with E-state index >= 15 is 0 Å². The molecule has 1 unspecified atom stereocenters. The van der Waals surface area contributed by atoms with Gasteiger partial charge in [-0.1, -0.05) is 25.1 Å². The first-order chi connectivity index (χ1) is 11.2. The predicted molar refractivity (Wildman–Crippen MR) is 86.4 cm³/mol. The Morgan fingerprint density at radius 3 is 2.83 bits per heavy atom. The maximum atomic E-state index is 12.8. The van der Waals surface area contributed by atoms with Crippen LogP contribution in [0.3, 0.4) is 0 Å². The van der Waals surface area contributed by atoms with Crippen LogP contribution < -0.4 is 15.0 Å². The van der Waals surface area contributed by atoms with E-state index in [-0.39, 0.29) is 18.4 Å². The number of para-hydroxylation sites is 1. The van der Waals surface area contributed by atoms with Gasteiger partial charge in [0.2, 0.25) is 5.91 Å². The van der Waals surface area contributed by atoms with Crippen LogP contribution in [0, 0.1) is 0 Å². The molecule has 1 N–H and O–H groups in total. The molecule has 0 spiro atoms. The Kier molecular flexibility index (Phi) is 4.23. The first kappa shape index (κ1) is 15.0. The largest absolute Gasteiger partial charge is 0.481 e. The molecule has 1 atom stereocenters. The van der Waals surface area contributed by atoms with Crippen LogP contribution in [0.25, 0.3) is 0 Å². The van der Waals surface area contributed by atoms with Crippen molar-refractivity contribution in [2.75, 3.05) is 16.8 Å². The summed E-state index contributed by atoms with van der Waals surface area (Å²) in [6.45, 7) is 1.81. The van der Waals surface area contributed by atoms with E-state index in [0.717, 1.165) is 0 Å². The number of nitrogens with one attached hydrogen (secondary N) is 1. The molecule has 0 fully saturated rings. The number of carbonyl (C=O) groups is 2. The molecule has 2 heterocycles. The Morgan fingerprint density at radius 1 is 1.30 bits per heavy atom. The van der Waals surface area contributed by atoms with Gasteiger partial charge in [0.25, 0.3) is 5.91 Å². The van der Waals surface area contributed by atoms with Gasteiger partial charge in [0.15, 0.2) is 11.9 Å². The lowest BCUT2D eigenvalue weighted by atomic mass is 10.2. The Morgan fingerprint density at radius 2 is 2.09 bits per heavy atom. The number of hydrogen-bond acceptors (Lipinski definition) is 4. The van der Waals surface area contributed by atoms with Crippen LogP contribution in [0.1, 0.15) is 13.3 Å². The second-order valence-corrected chi connectivity index (χ2v) is 5.17. The summed E-state index contributed by atoms with van der Waals surface area (Å²) in [6.07, 6.45) is 1.42. The SMILES string of the molecule is CCC(Oc1ccccc1)C(=O)N1CC(=O)Nc2cccnc21.